The average Bonchev–Trinajstić information content (AvgIpc) is 2.72. The van der Waals surface area contributed by atoms with Crippen LogP contribution in [0.25, 0.3) is 0 Å². The summed E-state index contributed by atoms with van der Waals surface area (Å²) < 4.78 is 0. The van der Waals surface area contributed by atoms with Gasteiger partial charge in [-0.2, -0.15) is 0 Å². The Hall–Kier alpha value is -0.410. The zero-order chi connectivity index (χ0) is 11.1. The Bertz CT molecular complexity index is 352. The van der Waals surface area contributed by atoms with Crippen molar-refractivity contribution in [2.75, 3.05) is 0 Å². The fourth-order valence-corrected chi connectivity index (χ4v) is 2.97. The summed E-state index contributed by atoms with van der Waals surface area (Å²) in [6.07, 6.45) is 4.08. The van der Waals surface area contributed by atoms with Crippen LogP contribution in [-0.2, 0) is 11.0 Å². The van der Waals surface area contributed by atoms with Crippen molar-refractivity contribution in [2.24, 2.45) is 0 Å². The van der Waals surface area contributed by atoms with Crippen molar-refractivity contribution in [1.29, 1.82) is 0 Å². The second-order valence-electron chi connectivity index (χ2n) is 5.20. The summed E-state index contributed by atoms with van der Waals surface area (Å²) >= 11 is 1.69. The summed E-state index contributed by atoms with van der Waals surface area (Å²) in [5.74, 6) is 0. The first-order valence-corrected chi connectivity index (χ1v) is 6.55. The Morgan fingerprint density at radius 1 is 1.53 bits per heavy atom. The van der Waals surface area contributed by atoms with Crippen LogP contribution in [0.3, 0.4) is 0 Å². The third-order valence-corrected chi connectivity index (χ3v) is 4.37. The predicted molar refractivity (Wildman–Crippen MR) is 63.2 cm³/mol. The zero-order valence-corrected chi connectivity index (χ0v) is 10.5. The molecule has 1 aliphatic carbocycles. The molecule has 2 nitrogen and oxygen atoms in total. The molecule has 1 saturated carbocycles. The van der Waals surface area contributed by atoms with Gasteiger partial charge in [-0.05, 0) is 19.3 Å². The van der Waals surface area contributed by atoms with Gasteiger partial charge in [0.1, 0.15) is 5.60 Å². The fourth-order valence-electron chi connectivity index (χ4n) is 1.90. The molecule has 2 rings (SSSR count). The van der Waals surface area contributed by atoms with Crippen LogP contribution >= 0.6 is 11.3 Å². The minimum Gasteiger partial charge on any atom is -0.384 e. The molecule has 0 saturated heterocycles. The summed E-state index contributed by atoms with van der Waals surface area (Å²) in [4.78, 5) is 4.60. The molecule has 1 heterocycles. The van der Waals surface area contributed by atoms with Crippen LogP contribution in [0.2, 0.25) is 0 Å². The van der Waals surface area contributed by atoms with Crippen molar-refractivity contribution >= 4 is 11.3 Å². The maximum absolute atomic E-state index is 9.95. The molecule has 1 aromatic heterocycles. The Kier molecular flexibility index (Phi) is 2.63. The third-order valence-electron chi connectivity index (χ3n) is 3.16. The first kappa shape index (κ1) is 11.1. The van der Waals surface area contributed by atoms with Crippen LogP contribution in [0.4, 0.5) is 0 Å². The van der Waals surface area contributed by atoms with Crippen molar-refractivity contribution in [3.63, 3.8) is 0 Å². The second-order valence-corrected chi connectivity index (χ2v) is 6.06. The maximum Gasteiger partial charge on any atom is 0.108 e. The van der Waals surface area contributed by atoms with Gasteiger partial charge in [0.05, 0.1) is 10.7 Å². The van der Waals surface area contributed by atoms with Gasteiger partial charge in [0.15, 0.2) is 0 Å². The van der Waals surface area contributed by atoms with Gasteiger partial charge in [0.2, 0.25) is 0 Å². The van der Waals surface area contributed by atoms with E-state index >= 15 is 0 Å². The van der Waals surface area contributed by atoms with Gasteiger partial charge in [0, 0.05) is 10.8 Å². The van der Waals surface area contributed by atoms with Gasteiger partial charge >= 0.3 is 0 Å². The predicted octanol–water partition coefficient (Wildman–Crippen LogP) is 3.20. The van der Waals surface area contributed by atoms with Crippen molar-refractivity contribution in [3.8, 4) is 0 Å². The van der Waals surface area contributed by atoms with E-state index in [-0.39, 0.29) is 5.41 Å². The number of hydrogen-bond donors (Lipinski definition) is 1. The van der Waals surface area contributed by atoms with Gasteiger partial charge in [-0.25, -0.2) is 4.98 Å². The van der Waals surface area contributed by atoms with Crippen LogP contribution in [0.15, 0.2) is 5.38 Å². The van der Waals surface area contributed by atoms with E-state index in [0.717, 1.165) is 25.0 Å². The molecule has 1 fully saturated rings. The molecule has 0 unspecified atom stereocenters. The van der Waals surface area contributed by atoms with Crippen LogP contribution < -0.4 is 0 Å². The topological polar surface area (TPSA) is 33.1 Å². The number of aliphatic hydroxyl groups is 1. The van der Waals surface area contributed by atoms with E-state index in [1.165, 1.54) is 11.4 Å². The molecule has 0 atom stereocenters. The van der Waals surface area contributed by atoms with Gasteiger partial charge in [-0.15, -0.1) is 11.3 Å². The molecule has 0 spiro atoms. The van der Waals surface area contributed by atoms with E-state index in [9.17, 15) is 5.11 Å². The normalized spacial score (nSPS) is 19.2. The number of rotatable bonds is 4. The molecule has 1 aromatic rings. The highest BCUT2D eigenvalue weighted by molar-refractivity contribution is 7.09. The molecular formula is C12H19NOS. The number of thiazole rings is 1. The Labute approximate surface area is 95.4 Å². The van der Waals surface area contributed by atoms with E-state index in [4.69, 9.17) is 0 Å². The summed E-state index contributed by atoms with van der Waals surface area (Å²) in [7, 11) is 0. The summed E-state index contributed by atoms with van der Waals surface area (Å²) in [6.45, 7) is 6.66. The van der Waals surface area contributed by atoms with E-state index in [0.29, 0.717) is 0 Å². The van der Waals surface area contributed by atoms with Gasteiger partial charge in [-0.1, -0.05) is 27.2 Å². The standard InChI is InChI=1S/C12H19NOS/c1-4-5-11(2,3)10-13-9(8-15-10)12(14)6-7-12/h8,14H,4-7H2,1-3H3. The first-order valence-electron chi connectivity index (χ1n) is 5.67. The molecule has 0 bridgehead atoms. The Morgan fingerprint density at radius 2 is 2.20 bits per heavy atom. The smallest absolute Gasteiger partial charge is 0.108 e. The van der Waals surface area contributed by atoms with Crippen LogP contribution in [0.1, 0.15) is 57.2 Å². The van der Waals surface area contributed by atoms with Crippen LogP contribution in [-0.4, -0.2) is 10.1 Å². The molecule has 0 aromatic carbocycles. The van der Waals surface area contributed by atoms with Gasteiger partial charge in [-0.3, -0.25) is 0 Å². The molecule has 1 aliphatic rings. The van der Waals surface area contributed by atoms with Crippen molar-refractivity contribution in [3.05, 3.63) is 16.1 Å². The third kappa shape index (κ3) is 2.08. The maximum atomic E-state index is 9.95. The van der Waals surface area contributed by atoms with Gasteiger partial charge in [0.25, 0.3) is 0 Å². The van der Waals surface area contributed by atoms with E-state index < -0.39 is 5.60 Å². The molecule has 0 radical (unpaired) electrons. The lowest BCUT2D eigenvalue weighted by atomic mass is 9.89. The SMILES string of the molecule is CCCC(C)(C)c1nc(C2(O)CC2)cs1. The minimum atomic E-state index is -0.572. The molecule has 84 valence electrons. The number of hydrogen-bond acceptors (Lipinski definition) is 3. The molecule has 1 N–H and O–H groups in total. The Balaban J connectivity index is 2.19. The lowest BCUT2D eigenvalue weighted by Gasteiger charge is -2.20. The summed E-state index contributed by atoms with van der Waals surface area (Å²) in [6, 6.07) is 0. The highest BCUT2D eigenvalue weighted by Gasteiger charge is 2.44. The summed E-state index contributed by atoms with van der Waals surface area (Å²) in [5.41, 5.74) is 0.478. The zero-order valence-electron chi connectivity index (χ0n) is 9.71. The second kappa shape index (κ2) is 3.56. The van der Waals surface area contributed by atoms with Crippen LogP contribution in [0.5, 0.6) is 0 Å². The van der Waals surface area contributed by atoms with E-state index in [1.54, 1.807) is 11.3 Å². The monoisotopic (exact) mass is 225 g/mol. The van der Waals surface area contributed by atoms with Crippen LogP contribution in [0, 0.1) is 0 Å². The average molecular weight is 225 g/mol. The quantitative estimate of drug-likeness (QED) is 0.853. The first-order chi connectivity index (χ1) is 6.98. The fraction of sp³-hybridized carbons (Fsp3) is 0.750. The summed E-state index contributed by atoms with van der Waals surface area (Å²) in [5, 5.41) is 13.1. The molecule has 15 heavy (non-hydrogen) atoms. The molecule has 0 amide bonds. The lowest BCUT2D eigenvalue weighted by Crippen LogP contribution is -2.17. The van der Waals surface area contributed by atoms with E-state index in [1.807, 2.05) is 5.38 Å². The highest BCUT2D eigenvalue weighted by atomic mass is 32.1. The van der Waals surface area contributed by atoms with Crippen molar-refractivity contribution in [1.82, 2.24) is 4.98 Å². The van der Waals surface area contributed by atoms with Crippen molar-refractivity contribution in [2.45, 2.75) is 57.5 Å². The number of nitrogens with zero attached hydrogens (tertiary/aromatic N) is 1. The minimum absolute atomic E-state index is 0.156. The molecule has 0 aliphatic heterocycles. The molecule has 3 heteroatoms. The van der Waals surface area contributed by atoms with Crippen molar-refractivity contribution < 1.29 is 5.11 Å². The largest absolute Gasteiger partial charge is 0.384 e. The Morgan fingerprint density at radius 3 is 2.73 bits per heavy atom. The lowest BCUT2D eigenvalue weighted by molar-refractivity contribution is 0.147. The highest BCUT2D eigenvalue weighted by Crippen LogP contribution is 2.46. The van der Waals surface area contributed by atoms with E-state index in [2.05, 4.69) is 25.8 Å². The molecular weight excluding hydrogens is 206 g/mol. The van der Waals surface area contributed by atoms with Gasteiger partial charge < -0.3 is 5.11 Å². The number of aromatic nitrogens is 1.